The molecule has 1 saturated heterocycles. The van der Waals surface area contributed by atoms with Crippen LogP contribution in [-0.2, 0) is 17.7 Å². The highest BCUT2D eigenvalue weighted by atomic mass is 16.7. The highest BCUT2D eigenvalue weighted by Crippen LogP contribution is 2.29. The first-order valence-electron chi connectivity index (χ1n) is 10.6. The van der Waals surface area contributed by atoms with Gasteiger partial charge in [-0.15, -0.1) is 5.10 Å². The maximum Gasteiger partial charge on any atom is 0.239 e. The Hall–Kier alpha value is -2.17. The summed E-state index contributed by atoms with van der Waals surface area (Å²) in [5, 5.41) is 44.3. The van der Waals surface area contributed by atoms with Gasteiger partial charge < -0.3 is 34.6 Å². The Labute approximate surface area is 181 Å². The molecule has 172 valence electrons. The normalized spacial score (nSPS) is 26.1. The van der Waals surface area contributed by atoms with E-state index in [2.05, 4.69) is 5.10 Å². The maximum atomic E-state index is 10.3. The van der Waals surface area contributed by atoms with E-state index in [1.807, 2.05) is 49.7 Å². The SMILES string of the molecule is CCCn1nc(O[C@@H]2O[C@H](CO)[C@@H](O)[C@H](O)[C@H]2O)c(Cc2ccc(OCC)cc2)c1C. The molecule has 0 unspecified atom stereocenters. The van der Waals surface area contributed by atoms with Gasteiger partial charge in [-0.1, -0.05) is 19.1 Å². The minimum absolute atomic E-state index is 0.282. The van der Waals surface area contributed by atoms with E-state index in [9.17, 15) is 20.4 Å². The van der Waals surface area contributed by atoms with Crippen molar-refractivity contribution >= 4 is 0 Å². The van der Waals surface area contributed by atoms with E-state index in [0.717, 1.165) is 29.0 Å². The summed E-state index contributed by atoms with van der Waals surface area (Å²) < 4.78 is 18.7. The molecule has 9 heteroatoms. The lowest BCUT2D eigenvalue weighted by atomic mass is 9.99. The van der Waals surface area contributed by atoms with Crippen LogP contribution in [0.2, 0.25) is 0 Å². The van der Waals surface area contributed by atoms with Gasteiger partial charge in [-0.2, -0.15) is 0 Å². The van der Waals surface area contributed by atoms with E-state index in [1.165, 1.54) is 0 Å². The summed E-state index contributed by atoms with van der Waals surface area (Å²) in [4.78, 5) is 0. The van der Waals surface area contributed by atoms with Crippen LogP contribution in [0.25, 0.3) is 0 Å². The third kappa shape index (κ3) is 5.19. The number of aromatic nitrogens is 2. The Morgan fingerprint density at radius 1 is 1.06 bits per heavy atom. The second-order valence-electron chi connectivity index (χ2n) is 7.66. The van der Waals surface area contributed by atoms with Gasteiger partial charge in [-0.05, 0) is 38.0 Å². The lowest BCUT2D eigenvalue weighted by molar-refractivity contribution is -0.278. The summed E-state index contributed by atoms with van der Waals surface area (Å²) in [5.41, 5.74) is 2.78. The summed E-state index contributed by atoms with van der Waals surface area (Å²) in [7, 11) is 0. The third-order valence-corrected chi connectivity index (χ3v) is 5.42. The number of hydrogen-bond acceptors (Lipinski definition) is 8. The van der Waals surface area contributed by atoms with Crippen LogP contribution in [0, 0.1) is 6.92 Å². The van der Waals surface area contributed by atoms with Gasteiger partial charge in [0.25, 0.3) is 0 Å². The van der Waals surface area contributed by atoms with Gasteiger partial charge >= 0.3 is 0 Å². The van der Waals surface area contributed by atoms with Gasteiger partial charge in [0.1, 0.15) is 30.2 Å². The Kier molecular flexibility index (Phi) is 7.90. The number of nitrogens with zero attached hydrogens (tertiary/aromatic N) is 2. The van der Waals surface area contributed by atoms with Crippen LogP contribution < -0.4 is 9.47 Å². The highest BCUT2D eigenvalue weighted by Gasteiger charge is 2.45. The number of ether oxygens (including phenoxy) is 3. The molecular weight excluding hydrogens is 404 g/mol. The van der Waals surface area contributed by atoms with Crippen molar-refractivity contribution in [2.24, 2.45) is 0 Å². The van der Waals surface area contributed by atoms with E-state index in [4.69, 9.17) is 14.2 Å². The van der Waals surface area contributed by atoms with Gasteiger partial charge in [-0.25, -0.2) is 0 Å². The lowest BCUT2D eigenvalue weighted by Gasteiger charge is -2.39. The molecule has 0 aliphatic carbocycles. The van der Waals surface area contributed by atoms with Crippen molar-refractivity contribution in [1.29, 1.82) is 0 Å². The molecule has 1 aromatic heterocycles. The molecule has 4 N–H and O–H groups in total. The Balaban J connectivity index is 1.86. The average Bonchev–Trinajstić information content (AvgIpc) is 3.05. The predicted octanol–water partition coefficient (Wildman–Crippen LogP) is 0.770. The zero-order chi connectivity index (χ0) is 22.5. The quantitative estimate of drug-likeness (QED) is 0.454. The molecule has 31 heavy (non-hydrogen) atoms. The van der Waals surface area contributed by atoms with Crippen LogP contribution >= 0.6 is 0 Å². The van der Waals surface area contributed by atoms with Crippen LogP contribution in [0.15, 0.2) is 24.3 Å². The fourth-order valence-corrected chi connectivity index (χ4v) is 3.63. The summed E-state index contributed by atoms with van der Waals surface area (Å²) in [6.45, 7) is 6.70. The standard InChI is InChI=1S/C22H32N2O7/c1-4-10-24-13(3)16(11-14-6-8-15(9-7-14)29-5-2)21(23-24)31-22-20(28)19(27)18(26)17(12-25)30-22/h6-9,17-20,22,25-28H,4-5,10-12H2,1-3H3/t17-,18-,19+,20-,22+/m1/s1. The fraction of sp³-hybridized carbons (Fsp3) is 0.591. The smallest absolute Gasteiger partial charge is 0.239 e. The Bertz CT molecular complexity index is 837. The molecule has 5 atom stereocenters. The molecule has 1 fully saturated rings. The van der Waals surface area contributed by atoms with E-state index in [-0.39, 0.29) is 5.88 Å². The second-order valence-corrected chi connectivity index (χ2v) is 7.66. The minimum Gasteiger partial charge on any atom is -0.494 e. The summed E-state index contributed by atoms with van der Waals surface area (Å²) in [5.74, 6) is 1.08. The van der Waals surface area contributed by atoms with Crippen LogP contribution in [0.5, 0.6) is 11.6 Å². The summed E-state index contributed by atoms with van der Waals surface area (Å²) >= 11 is 0. The number of hydrogen-bond donors (Lipinski definition) is 4. The van der Waals surface area contributed by atoms with Gasteiger partial charge in [0.2, 0.25) is 12.2 Å². The topological polar surface area (TPSA) is 126 Å². The van der Waals surface area contributed by atoms with Gasteiger partial charge in [0, 0.05) is 24.2 Å². The second kappa shape index (κ2) is 10.4. The summed E-state index contributed by atoms with van der Waals surface area (Å²) in [6.07, 6.45) is -5.35. The van der Waals surface area contributed by atoms with Crippen LogP contribution in [0.4, 0.5) is 0 Å². The van der Waals surface area contributed by atoms with Crippen molar-refractivity contribution in [3.05, 3.63) is 41.1 Å². The van der Waals surface area contributed by atoms with E-state index in [0.29, 0.717) is 19.6 Å². The molecule has 0 bridgehead atoms. The van der Waals surface area contributed by atoms with Crippen molar-refractivity contribution in [3.8, 4) is 11.6 Å². The molecule has 2 heterocycles. The zero-order valence-corrected chi connectivity index (χ0v) is 18.1. The Morgan fingerprint density at radius 3 is 2.39 bits per heavy atom. The van der Waals surface area contributed by atoms with Crippen molar-refractivity contribution in [1.82, 2.24) is 9.78 Å². The summed E-state index contributed by atoms with van der Waals surface area (Å²) in [6, 6.07) is 7.75. The number of benzene rings is 1. The largest absolute Gasteiger partial charge is 0.494 e. The first-order valence-corrected chi connectivity index (χ1v) is 10.6. The van der Waals surface area contributed by atoms with E-state index >= 15 is 0 Å². The molecular formula is C22H32N2O7. The van der Waals surface area contributed by atoms with Crippen molar-refractivity contribution in [2.45, 2.75) is 70.9 Å². The number of aliphatic hydroxyl groups excluding tert-OH is 4. The van der Waals surface area contributed by atoms with E-state index < -0.39 is 37.3 Å². The average molecular weight is 437 g/mol. The molecule has 9 nitrogen and oxygen atoms in total. The number of aliphatic hydroxyl groups is 4. The Morgan fingerprint density at radius 2 is 1.77 bits per heavy atom. The fourth-order valence-electron chi connectivity index (χ4n) is 3.63. The maximum absolute atomic E-state index is 10.3. The first-order chi connectivity index (χ1) is 14.9. The van der Waals surface area contributed by atoms with Crippen LogP contribution in [-0.4, -0.2) is 74.1 Å². The molecule has 2 aromatic rings. The molecule has 1 aliphatic heterocycles. The van der Waals surface area contributed by atoms with Crippen LogP contribution in [0.1, 0.15) is 37.1 Å². The van der Waals surface area contributed by atoms with Crippen molar-refractivity contribution in [2.75, 3.05) is 13.2 Å². The van der Waals surface area contributed by atoms with E-state index in [1.54, 1.807) is 0 Å². The zero-order valence-electron chi connectivity index (χ0n) is 18.1. The highest BCUT2D eigenvalue weighted by molar-refractivity contribution is 5.38. The van der Waals surface area contributed by atoms with Gasteiger partial charge in [-0.3, -0.25) is 4.68 Å². The molecule has 0 radical (unpaired) electrons. The molecule has 0 spiro atoms. The van der Waals surface area contributed by atoms with Crippen molar-refractivity contribution in [3.63, 3.8) is 0 Å². The molecule has 1 aromatic carbocycles. The predicted molar refractivity (Wildman–Crippen MR) is 112 cm³/mol. The lowest BCUT2D eigenvalue weighted by Crippen LogP contribution is -2.60. The molecule has 0 amide bonds. The number of rotatable bonds is 9. The third-order valence-electron chi connectivity index (χ3n) is 5.42. The van der Waals surface area contributed by atoms with Crippen LogP contribution in [0.3, 0.4) is 0 Å². The van der Waals surface area contributed by atoms with Gasteiger partial charge in [0.15, 0.2) is 0 Å². The molecule has 1 aliphatic rings. The number of aryl methyl sites for hydroxylation is 1. The minimum atomic E-state index is -1.51. The first kappa shape index (κ1) is 23.5. The monoisotopic (exact) mass is 436 g/mol. The van der Waals surface area contributed by atoms with Crippen molar-refractivity contribution < 1.29 is 34.6 Å². The molecule has 0 saturated carbocycles. The van der Waals surface area contributed by atoms with Gasteiger partial charge in [0.05, 0.1) is 13.2 Å². The molecule has 3 rings (SSSR count).